The molecule has 1 amide bonds. The van der Waals surface area contributed by atoms with Crippen molar-refractivity contribution in [2.75, 3.05) is 13.9 Å². The molecule has 0 saturated heterocycles. The van der Waals surface area contributed by atoms with Crippen LogP contribution in [0.1, 0.15) is 11.1 Å². The van der Waals surface area contributed by atoms with Crippen LogP contribution in [0, 0.1) is 0 Å². The highest BCUT2D eigenvalue weighted by Gasteiger charge is 2.13. The molecule has 27 heavy (non-hydrogen) atoms. The number of carbonyl (C=O) groups is 1. The third-order valence-corrected chi connectivity index (χ3v) is 4.40. The second-order valence-electron chi connectivity index (χ2n) is 6.21. The van der Waals surface area contributed by atoms with E-state index in [0.29, 0.717) is 12.3 Å². The highest BCUT2D eigenvalue weighted by molar-refractivity contribution is 5.93. The molecule has 0 spiro atoms. The Labute approximate surface area is 157 Å². The predicted octanol–water partition coefficient (Wildman–Crippen LogP) is 3.91. The van der Waals surface area contributed by atoms with E-state index in [0.717, 1.165) is 33.4 Å². The Kier molecular flexibility index (Phi) is 4.66. The highest BCUT2D eigenvalue weighted by Crippen LogP contribution is 2.32. The lowest BCUT2D eigenvalue weighted by atomic mass is 10.1. The minimum atomic E-state index is -0.150. The maximum absolute atomic E-state index is 12.1. The van der Waals surface area contributed by atoms with Crippen molar-refractivity contribution in [3.8, 4) is 17.2 Å². The van der Waals surface area contributed by atoms with E-state index < -0.39 is 0 Å². The highest BCUT2D eigenvalue weighted by atomic mass is 16.7. The molecule has 3 aromatic rings. The summed E-state index contributed by atoms with van der Waals surface area (Å²) in [6.07, 6.45) is 3.34. The Morgan fingerprint density at radius 1 is 1.04 bits per heavy atom. The molecule has 0 unspecified atom stereocenters. The van der Waals surface area contributed by atoms with Crippen LogP contribution in [0.2, 0.25) is 0 Å². The van der Waals surface area contributed by atoms with E-state index in [9.17, 15) is 4.79 Å². The van der Waals surface area contributed by atoms with Gasteiger partial charge < -0.3 is 19.5 Å². The van der Waals surface area contributed by atoms with Crippen LogP contribution in [0.15, 0.2) is 60.7 Å². The summed E-state index contributed by atoms with van der Waals surface area (Å²) in [6, 6.07) is 17.6. The summed E-state index contributed by atoms with van der Waals surface area (Å²) in [5.74, 6) is 2.13. The number of hydrogen-bond donors (Lipinski definition) is 1. The molecule has 5 heteroatoms. The van der Waals surface area contributed by atoms with Crippen molar-refractivity contribution in [3.05, 3.63) is 71.8 Å². The fourth-order valence-corrected chi connectivity index (χ4v) is 2.94. The first-order valence-electron chi connectivity index (χ1n) is 8.63. The fraction of sp³-hybridized carbons (Fsp3) is 0.136. The lowest BCUT2D eigenvalue weighted by Crippen LogP contribution is -2.20. The first-order valence-corrected chi connectivity index (χ1v) is 8.63. The number of fused-ring (bicyclic) bond motifs is 2. The first-order chi connectivity index (χ1) is 13.2. The van der Waals surface area contributed by atoms with Crippen molar-refractivity contribution in [1.82, 2.24) is 5.32 Å². The molecular formula is C22H19NO4. The van der Waals surface area contributed by atoms with Crippen LogP contribution in [0.3, 0.4) is 0 Å². The standard InChI is InChI=1S/C22H19NO4/c1-25-19-7-6-17-10-15(2-5-18(17)12-19)4-9-22(24)23-13-16-3-8-20-21(11-16)27-14-26-20/h2-12H,13-14H2,1H3,(H,23,24)/b9-4+. The Morgan fingerprint density at radius 3 is 2.74 bits per heavy atom. The Morgan fingerprint density at radius 2 is 1.85 bits per heavy atom. The van der Waals surface area contributed by atoms with E-state index >= 15 is 0 Å². The van der Waals surface area contributed by atoms with Gasteiger partial charge in [0.05, 0.1) is 7.11 Å². The third-order valence-electron chi connectivity index (χ3n) is 4.40. The van der Waals surface area contributed by atoms with Crippen LogP contribution in [0.4, 0.5) is 0 Å². The predicted molar refractivity (Wildman–Crippen MR) is 104 cm³/mol. The number of carbonyl (C=O) groups excluding carboxylic acids is 1. The molecule has 0 atom stereocenters. The van der Waals surface area contributed by atoms with Crippen LogP contribution >= 0.6 is 0 Å². The molecule has 1 N–H and O–H groups in total. The molecule has 5 nitrogen and oxygen atoms in total. The van der Waals surface area contributed by atoms with Crippen LogP contribution in [-0.4, -0.2) is 19.8 Å². The van der Waals surface area contributed by atoms with Gasteiger partial charge >= 0.3 is 0 Å². The number of amides is 1. The van der Waals surface area contributed by atoms with E-state index in [1.165, 1.54) is 6.08 Å². The van der Waals surface area contributed by atoms with Crippen LogP contribution in [0.25, 0.3) is 16.8 Å². The van der Waals surface area contributed by atoms with Crippen molar-refractivity contribution < 1.29 is 19.0 Å². The summed E-state index contributed by atoms with van der Waals surface area (Å²) < 4.78 is 15.9. The minimum absolute atomic E-state index is 0.150. The molecule has 0 saturated carbocycles. The topological polar surface area (TPSA) is 56.8 Å². The average molecular weight is 361 g/mol. The van der Waals surface area contributed by atoms with Gasteiger partial charge in [0.1, 0.15) is 5.75 Å². The van der Waals surface area contributed by atoms with Gasteiger partial charge in [0.15, 0.2) is 11.5 Å². The molecule has 0 fully saturated rings. The van der Waals surface area contributed by atoms with Crippen molar-refractivity contribution in [3.63, 3.8) is 0 Å². The molecular weight excluding hydrogens is 342 g/mol. The Bertz CT molecular complexity index is 1030. The van der Waals surface area contributed by atoms with Gasteiger partial charge in [-0.1, -0.05) is 24.3 Å². The largest absolute Gasteiger partial charge is 0.497 e. The van der Waals surface area contributed by atoms with E-state index in [1.807, 2.05) is 54.6 Å². The minimum Gasteiger partial charge on any atom is -0.497 e. The van der Waals surface area contributed by atoms with Crippen LogP contribution in [0.5, 0.6) is 17.2 Å². The van der Waals surface area contributed by atoms with E-state index in [1.54, 1.807) is 13.2 Å². The Hall–Kier alpha value is -3.47. The number of nitrogens with one attached hydrogen (secondary N) is 1. The third kappa shape index (κ3) is 3.87. The number of hydrogen-bond acceptors (Lipinski definition) is 4. The van der Waals surface area contributed by atoms with Gasteiger partial charge in [0.2, 0.25) is 12.7 Å². The lowest BCUT2D eigenvalue weighted by Gasteiger charge is -2.05. The van der Waals surface area contributed by atoms with Gasteiger partial charge in [0, 0.05) is 12.6 Å². The van der Waals surface area contributed by atoms with E-state index in [-0.39, 0.29) is 12.7 Å². The van der Waals surface area contributed by atoms with Gasteiger partial charge in [-0.05, 0) is 58.3 Å². The first kappa shape index (κ1) is 17.0. The molecule has 0 radical (unpaired) electrons. The molecule has 1 aliphatic rings. The van der Waals surface area contributed by atoms with Crippen LogP contribution in [-0.2, 0) is 11.3 Å². The number of benzene rings is 3. The second kappa shape index (κ2) is 7.41. The molecule has 4 rings (SSSR count). The fourth-order valence-electron chi connectivity index (χ4n) is 2.94. The zero-order valence-electron chi connectivity index (χ0n) is 14.9. The normalized spacial score (nSPS) is 12.5. The van der Waals surface area contributed by atoms with Crippen molar-refractivity contribution in [2.45, 2.75) is 6.54 Å². The monoisotopic (exact) mass is 361 g/mol. The van der Waals surface area contributed by atoms with Gasteiger partial charge in [-0.2, -0.15) is 0 Å². The maximum atomic E-state index is 12.1. The summed E-state index contributed by atoms with van der Waals surface area (Å²) in [7, 11) is 1.65. The van der Waals surface area contributed by atoms with Gasteiger partial charge in [-0.3, -0.25) is 4.79 Å². The molecule has 136 valence electrons. The zero-order valence-corrected chi connectivity index (χ0v) is 14.9. The molecule has 1 aliphatic heterocycles. The summed E-state index contributed by atoms with van der Waals surface area (Å²) in [4.78, 5) is 12.1. The average Bonchev–Trinajstić information content (AvgIpc) is 3.18. The van der Waals surface area contributed by atoms with Crippen molar-refractivity contribution >= 4 is 22.8 Å². The van der Waals surface area contributed by atoms with Crippen molar-refractivity contribution in [1.29, 1.82) is 0 Å². The molecule has 3 aromatic carbocycles. The van der Waals surface area contributed by atoms with Gasteiger partial charge in [-0.15, -0.1) is 0 Å². The van der Waals surface area contributed by atoms with Crippen LogP contribution < -0.4 is 19.5 Å². The van der Waals surface area contributed by atoms with E-state index in [2.05, 4.69) is 5.32 Å². The lowest BCUT2D eigenvalue weighted by molar-refractivity contribution is -0.116. The zero-order chi connectivity index (χ0) is 18.6. The summed E-state index contributed by atoms with van der Waals surface area (Å²) >= 11 is 0. The summed E-state index contributed by atoms with van der Waals surface area (Å²) in [5, 5.41) is 5.07. The number of methoxy groups -OCH3 is 1. The number of rotatable bonds is 5. The smallest absolute Gasteiger partial charge is 0.244 e. The van der Waals surface area contributed by atoms with Gasteiger partial charge in [0.25, 0.3) is 0 Å². The van der Waals surface area contributed by atoms with Crippen molar-refractivity contribution in [2.24, 2.45) is 0 Å². The molecule has 0 bridgehead atoms. The SMILES string of the molecule is COc1ccc2cc(/C=C/C(=O)NCc3ccc4c(c3)OCO4)ccc2c1. The van der Waals surface area contributed by atoms with Gasteiger partial charge in [-0.25, -0.2) is 0 Å². The molecule has 0 aliphatic carbocycles. The maximum Gasteiger partial charge on any atom is 0.244 e. The Balaban J connectivity index is 1.38. The quantitative estimate of drug-likeness (QED) is 0.700. The second-order valence-corrected chi connectivity index (χ2v) is 6.21. The molecule has 1 heterocycles. The summed E-state index contributed by atoms with van der Waals surface area (Å²) in [5.41, 5.74) is 1.92. The summed E-state index contributed by atoms with van der Waals surface area (Å²) in [6.45, 7) is 0.670. The van der Waals surface area contributed by atoms with E-state index in [4.69, 9.17) is 14.2 Å². The number of ether oxygens (including phenoxy) is 3. The molecule has 0 aromatic heterocycles.